The molecule has 0 bridgehead atoms. The number of nitrogens with two attached hydrogens (primary N) is 1. The molecule has 88 valence electrons. The third-order valence-corrected chi connectivity index (χ3v) is 3.81. The summed E-state index contributed by atoms with van der Waals surface area (Å²) in [6, 6.07) is -0.798. The average Bonchev–Trinajstić information content (AvgIpc) is 2.10. The maximum atomic E-state index is 11.1. The lowest BCUT2D eigenvalue weighted by atomic mass is 10.4. The predicted octanol–water partition coefficient (Wildman–Crippen LogP) is -0.613. The van der Waals surface area contributed by atoms with Crippen LogP contribution in [0.25, 0.3) is 0 Å². The summed E-state index contributed by atoms with van der Waals surface area (Å²) in [6.07, 6.45) is 0.0879. The maximum Gasteiger partial charge on any atom is 0.321 e. The lowest BCUT2D eigenvalue weighted by molar-refractivity contribution is -0.138. The van der Waals surface area contributed by atoms with Crippen molar-refractivity contribution in [1.82, 2.24) is 4.72 Å². The first-order valence-corrected chi connectivity index (χ1v) is 5.92. The van der Waals surface area contributed by atoms with Crippen molar-refractivity contribution in [3.05, 3.63) is 0 Å². The van der Waals surface area contributed by atoms with E-state index in [2.05, 4.69) is 4.72 Å². The Balaban J connectivity index is 4.22. The fourth-order valence-electron chi connectivity index (χ4n) is 0.824. The Bertz CT molecular complexity index is 269. The minimum Gasteiger partial charge on any atom is -0.480 e. The summed E-state index contributed by atoms with van der Waals surface area (Å²) in [7, 11) is 0. The van der Waals surface area contributed by atoms with Crippen LogP contribution in [-0.2, 0) is 14.4 Å². The number of primary amides is 1. The van der Waals surface area contributed by atoms with E-state index in [1.807, 2.05) is 0 Å². The summed E-state index contributed by atoms with van der Waals surface area (Å²) >= 11 is -1.29. The van der Waals surface area contributed by atoms with Crippen molar-refractivity contribution in [2.45, 2.75) is 26.3 Å². The number of aliphatic carboxylic acids is 1. The van der Waals surface area contributed by atoms with E-state index in [1.54, 1.807) is 0 Å². The Morgan fingerprint density at radius 2 is 2.00 bits per heavy atom. The van der Waals surface area contributed by atoms with E-state index in [9.17, 15) is 14.4 Å². The Kier molecular flexibility index (Phi) is 5.95. The second-order valence-electron chi connectivity index (χ2n) is 3.08. The van der Waals surface area contributed by atoms with Gasteiger partial charge >= 0.3 is 5.97 Å². The van der Waals surface area contributed by atoms with E-state index in [1.165, 1.54) is 13.8 Å². The van der Waals surface area contributed by atoms with Gasteiger partial charge in [0, 0.05) is 19.1 Å². The topological polar surface area (TPSA) is 109 Å². The van der Waals surface area contributed by atoms with E-state index < -0.39 is 29.0 Å². The molecule has 0 aromatic rings. The predicted molar refractivity (Wildman–Crippen MR) is 58.6 cm³/mol. The number of thiol groups is 1. The van der Waals surface area contributed by atoms with Crippen LogP contribution in [-0.4, -0.2) is 33.9 Å². The van der Waals surface area contributed by atoms with Crippen LogP contribution in [0.3, 0.4) is 0 Å². The summed E-state index contributed by atoms with van der Waals surface area (Å²) in [5, 5.41) is 8.50. The van der Waals surface area contributed by atoms with Crippen molar-refractivity contribution in [3.8, 4) is 0 Å². The molecule has 0 aromatic carbocycles. The summed E-state index contributed by atoms with van der Waals surface area (Å²) in [6.45, 7) is 2.82. The quantitative estimate of drug-likeness (QED) is 0.460. The lowest BCUT2D eigenvalue weighted by Crippen LogP contribution is -2.34. The van der Waals surface area contributed by atoms with E-state index in [0.717, 1.165) is 0 Å². The SMILES string of the molecule is CC(=O)[SH](CCC(N)=O)N[C@@H](C)C(=O)O. The van der Waals surface area contributed by atoms with Crippen LogP contribution in [0.2, 0.25) is 0 Å². The van der Waals surface area contributed by atoms with Gasteiger partial charge in [0.15, 0.2) is 5.12 Å². The molecule has 6 nitrogen and oxygen atoms in total. The second-order valence-corrected chi connectivity index (χ2v) is 5.27. The molecule has 7 heteroatoms. The molecular weight excluding hydrogens is 220 g/mol. The zero-order valence-corrected chi connectivity index (χ0v) is 9.58. The number of nitrogens with one attached hydrogen (secondary N) is 1. The number of carboxylic acid groups (broad SMARTS) is 1. The van der Waals surface area contributed by atoms with Gasteiger partial charge in [-0.15, -0.1) is 11.1 Å². The van der Waals surface area contributed by atoms with Gasteiger partial charge in [-0.1, -0.05) is 0 Å². The highest BCUT2D eigenvalue weighted by molar-refractivity contribution is 8.28. The molecule has 0 radical (unpaired) electrons. The van der Waals surface area contributed by atoms with Gasteiger partial charge in [-0.3, -0.25) is 19.1 Å². The van der Waals surface area contributed by atoms with Crippen molar-refractivity contribution in [2.75, 3.05) is 5.75 Å². The number of carboxylic acids is 1. The smallest absolute Gasteiger partial charge is 0.321 e. The van der Waals surface area contributed by atoms with Gasteiger partial charge in [0.05, 0.1) is 0 Å². The first-order chi connectivity index (χ1) is 6.84. The normalized spacial score (nSPS) is 15.5. The molecule has 0 aromatic heterocycles. The van der Waals surface area contributed by atoms with Crippen LogP contribution >= 0.6 is 11.1 Å². The molecule has 1 amide bonds. The minimum atomic E-state index is -1.29. The van der Waals surface area contributed by atoms with Gasteiger partial charge in [-0.2, -0.15) is 0 Å². The van der Waals surface area contributed by atoms with Crippen LogP contribution < -0.4 is 10.5 Å². The zero-order chi connectivity index (χ0) is 12.0. The summed E-state index contributed by atoms with van der Waals surface area (Å²) in [4.78, 5) is 32.2. The summed E-state index contributed by atoms with van der Waals surface area (Å²) < 4.78 is 2.68. The van der Waals surface area contributed by atoms with Crippen LogP contribution in [0.4, 0.5) is 0 Å². The van der Waals surface area contributed by atoms with E-state index in [4.69, 9.17) is 10.8 Å². The zero-order valence-electron chi connectivity index (χ0n) is 8.69. The molecule has 0 heterocycles. The molecule has 15 heavy (non-hydrogen) atoms. The fourth-order valence-corrected chi connectivity index (χ4v) is 2.47. The van der Waals surface area contributed by atoms with Gasteiger partial charge in [0.1, 0.15) is 6.04 Å². The molecule has 4 N–H and O–H groups in total. The van der Waals surface area contributed by atoms with Crippen LogP contribution in [0.15, 0.2) is 0 Å². The van der Waals surface area contributed by atoms with Crippen LogP contribution in [0.1, 0.15) is 20.3 Å². The molecule has 0 rings (SSSR count). The minimum absolute atomic E-state index is 0.0879. The summed E-state index contributed by atoms with van der Waals surface area (Å²) in [5.41, 5.74) is 4.95. The standard InChI is InChI=1S/C8H16N2O4S/c1-5(8(13)14)10-15(6(2)11)4-3-7(9)12/h5,10,15H,3-4H2,1-2H3,(H2,9,12)(H,13,14)/t5-/m0/s1. The summed E-state index contributed by atoms with van der Waals surface area (Å²) in [5.74, 6) is -1.23. The fraction of sp³-hybridized carbons (Fsp3) is 0.625. The third kappa shape index (κ3) is 6.08. The Hall–Kier alpha value is -1.08. The van der Waals surface area contributed by atoms with Crippen molar-refractivity contribution < 1.29 is 19.5 Å². The van der Waals surface area contributed by atoms with Crippen molar-refractivity contribution >= 4 is 28.1 Å². The number of amides is 1. The monoisotopic (exact) mass is 236 g/mol. The number of carbonyl (C=O) groups excluding carboxylic acids is 2. The van der Waals surface area contributed by atoms with Crippen molar-refractivity contribution in [2.24, 2.45) is 5.73 Å². The van der Waals surface area contributed by atoms with Crippen LogP contribution in [0, 0.1) is 0 Å². The number of hydrogen-bond acceptors (Lipinski definition) is 4. The lowest BCUT2D eigenvalue weighted by Gasteiger charge is -2.21. The molecule has 0 saturated heterocycles. The molecular formula is C8H16N2O4S. The third-order valence-electron chi connectivity index (χ3n) is 1.68. The first-order valence-electron chi connectivity index (χ1n) is 4.40. The van der Waals surface area contributed by atoms with E-state index in [0.29, 0.717) is 0 Å². The Labute approximate surface area is 90.7 Å². The second kappa shape index (κ2) is 6.41. The molecule has 0 fully saturated rings. The van der Waals surface area contributed by atoms with Crippen molar-refractivity contribution in [3.63, 3.8) is 0 Å². The molecule has 0 aliphatic rings. The molecule has 0 aliphatic carbocycles. The number of rotatable bonds is 6. The van der Waals surface area contributed by atoms with Crippen molar-refractivity contribution in [1.29, 1.82) is 0 Å². The highest BCUT2D eigenvalue weighted by Gasteiger charge is 2.17. The van der Waals surface area contributed by atoms with Gasteiger partial charge in [0.2, 0.25) is 5.91 Å². The number of carbonyl (C=O) groups is 3. The highest BCUT2D eigenvalue weighted by atomic mass is 32.2. The largest absolute Gasteiger partial charge is 0.480 e. The molecule has 1 unspecified atom stereocenters. The Morgan fingerprint density at radius 3 is 2.33 bits per heavy atom. The number of hydrogen-bond donors (Lipinski definition) is 4. The average molecular weight is 236 g/mol. The van der Waals surface area contributed by atoms with Gasteiger partial charge in [-0.25, -0.2) is 0 Å². The highest BCUT2D eigenvalue weighted by Crippen LogP contribution is 2.22. The van der Waals surface area contributed by atoms with Gasteiger partial charge in [-0.05, 0) is 6.92 Å². The van der Waals surface area contributed by atoms with Gasteiger partial charge < -0.3 is 10.8 Å². The van der Waals surface area contributed by atoms with E-state index in [-0.39, 0.29) is 17.3 Å². The first kappa shape index (κ1) is 13.9. The van der Waals surface area contributed by atoms with E-state index >= 15 is 0 Å². The molecule has 2 atom stereocenters. The Morgan fingerprint density at radius 1 is 1.47 bits per heavy atom. The van der Waals surface area contributed by atoms with Gasteiger partial charge in [0.25, 0.3) is 0 Å². The van der Waals surface area contributed by atoms with Crippen LogP contribution in [0.5, 0.6) is 0 Å². The molecule has 0 aliphatic heterocycles. The molecule has 0 saturated carbocycles. The molecule has 0 spiro atoms. The maximum absolute atomic E-state index is 11.1.